The van der Waals surface area contributed by atoms with Crippen LogP contribution in [0.3, 0.4) is 0 Å². The molecule has 3 rings (SSSR count). The average molecular weight is 357 g/mol. The molecule has 2 amide bonds. The lowest BCUT2D eigenvalue weighted by Gasteiger charge is -2.39. The Hall–Kier alpha value is -2.37. The lowest BCUT2D eigenvalue weighted by Crippen LogP contribution is -2.39. The van der Waals surface area contributed by atoms with Gasteiger partial charge in [-0.25, -0.2) is 0 Å². The minimum atomic E-state index is -0.394. The maximum absolute atomic E-state index is 12.5. The molecule has 2 unspecified atom stereocenters. The zero-order valence-corrected chi connectivity index (χ0v) is 15.7. The summed E-state index contributed by atoms with van der Waals surface area (Å²) in [5.41, 5.74) is 1.14. The van der Waals surface area contributed by atoms with Crippen LogP contribution in [-0.2, 0) is 14.4 Å². The zero-order valence-electron chi connectivity index (χ0n) is 15.7. The van der Waals surface area contributed by atoms with Crippen molar-refractivity contribution in [2.45, 2.75) is 46.1 Å². The van der Waals surface area contributed by atoms with E-state index in [1.807, 2.05) is 23.1 Å². The quantitative estimate of drug-likeness (QED) is 0.650. The van der Waals surface area contributed by atoms with Crippen LogP contribution in [0.4, 0.5) is 5.69 Å². The number of para-hydroxylation sites is 1. The molecule has 1 aromatic rings. The van der Waals surface area contributed by atoms with Crippen molar-refractivity contribution in [2.75, 3.05) is 18.5 Å². The minimum Gasteiger partial charge on any atom is -0.386 e. The molecule has 2 aliphatic rings. The molecule has 6 nitrogen and oxygen atoms in total. The van der Waals surface area contributed by atoms with Crippen molar-refractivity contribution >= 4 is 23.7 Å². The fourth-order valence-corrected chi connectivity index (χ4v) is 4.71. The van der Waals surface area contributed by atoms with E-state index in [4.69, 9.17) is 4.84 Å². The first-order valence-corrected chi connectivity index (χ1v) is 9.07. The Balaban J connectivity index is 1.47. The monoisotopic (exact) mass is 357 g/mol. The Morgan fingerprint density at radius 2 is 2.00 bits per heavy atom. The first-order valence-electron chi connectivity index (χ1n) is 9.07. The number of nitrogens with one attached hydrogen (secondary N) is 1. The van der Waals surface area contributed by atoms with Crippen LogP contribution in [0.15, 0.2) is 35.5 Å². The molecule has 0 spiro atoms. The summed E-state index contributed by atoms with van der Waals surface area (Å²) < 4.78 is 0. The third-order valence-electron chi connectivity index (χ3n) is 5.21. The van der Waals surface area contributed by atoms with Crippen LogP contribution in [0.1, 0.15) is 40.0 Å². The second kappa shape index (κ2) is 7.09. The highest BCUT2D eigenvalue weighted by Crippen LogP contribution is 2.52. The number of benzene rings is 1. The van der Waals surface area contributed by atoms with Gasteiger partial charge in [-0.1, -0.05) is 44.1 Å². The summed E-state index contributed by atoms with van der Waals surface area (Å²) in [6.07, 6.45) is 4.27. The van der Waals surface area contributed by atoms with Crippen LogP contribution in [-0.4, -0.2) is 42.1 Å². The van der Waals surface area contributed by atoms with E-state index in [-0.39, 0.29) is 29.4 Å². The molecular weight excluding hydrogens is 330 g/mol. The number of amides is 2. The Morgan fingerprint density at radius 1 is 1.27 bits per heavy atom. The van der Waals surface area contributed by atoms with Crippen molar-refractivity contribution in [1.29, 1.82) is 0 Å². The molecule has 0 aromatic heterocycles. The van der Waals surface area contributed by atoms with Crippen LogP contribution in [0.5, 0.6) is 0 Å². The van der Waals surface area contributed by atoms with Gasteiger partial charge in [-0.05, 0) is 42.2 Å². The molecule has 1 saturated carbocycles. The van der Waals surface area contributed by atoms with Crippen molar-refractivity contribution in [3.05, 3.63) is 30.3 Å². The highest BCUT2D eigenvalue weighted by atomic mass is 16.6. The smallest absolute Gasteiger partial charge is 0.270 e. The fraction of sp³-hybridized carbons (Fsp3) is 0.550. The first-order chi connectivity index (χ1) is 12.3. The Labute approximate surface area is 154 Å². The summed E-state index contributed by atoms with van der Waals surface area (Å²) in [5, 5.41) is 6.29. The molecule has 140 valence electrons. The van der Waals surface area contributed by atoms with E-state index in [1.165, 1.54) is 0 Å². The van der Waals surface area contributed by atoms with Crippen molar-refractivity contribution < 1.29 is 14.4 Å². The number of anilines is 1. The van der Waals surface area contributed by atoms with Crippen molar-refractivity contribution in [2.24, 2.45) is 16.0 Å². The molecule has 0 radical (unpaired) electrons. The molecule has 1 aliphatic heterocycles. The van der Waals surface area contributed by atoms with Crippen molar-refractivity contribution in [1.82, 2.24) is 4.90 Å². The van der Waals surface area contributed by atoms with Gasteiger partial charge in [0.15, 0.2) is 6.61 Å². The summed E-state index contributed by atoms with van der Waals surface area (Å²) in [7, 11) is 0. The van der Waals surface area contributed by atoms with Crippen LogP contribution in [0.25, 0.3) is 0 Å². The summed E-state index contributed by atoms with van der Waals surface area (Å²) >= 11 is 0. The second-order valence-corrected chi connectivity index (χ2v) is 8.60. The van der Waals surface area contributed by atoms with E-state index >= 15 is 0 Å². The number of likely N-dealkylation sites (tertiary alicyclic amines) is 1. The molecular formula is C20H27N3O3. The van der Waals surface area contributed by atoms with Crippen molar-refractivity contribution in [3.63, 3.8) is 0 Å². The minimum absolute atomic E-state index is 0.0583. The maximum Gasteiger partial charge on any atom is 0.270 e. The number of hydrogen-bond donors (Lipinski definition) is 1. The van der Waals surface area contributed by atoms with Gasteiger partial charge in [0.05, 0.1) is 0 Å². The molecule has 1 aliphatic carbocycles. The van der Waals surface area contributed by atoms with Crippen LogP contribution in [0.2, 0.25) is 0 Å². The maximum atomic E-state index is 12.5. The number of carbonyl (C=O) groups excluding carboxylic acids is 2. The van der Waals surface area contributed by atoms with E-state index in [1.54, 1.807) is 12.1 Å². The predicted molar refractivity (Wildman–Crippen MR) is 101 cm³/mol. The number of hydrogen-bond acceptors (Lipinski definition) is 4. The fourth-order valence-electron chi connectivity index (χ4n) is 4.71. The number of oxime groups is 1. The van der Waals surface area contributed by atoms with Gasteiger partial charge in [0.2, 0.25) is 0 Å². The van der Waals surface area contributed by atoms with Gasteiger partial charge in [-0.15, -0.1) is 0 Å². The normalized spacial score (nSPS) is 26.7. The molecule has 1 heterocycles. The van der Waals surface area contributed by atoms with E-state index in [9.17, 15) is 9.59 Å². The highest BCUT2D eigenvalue weighted by Gasteiger charge is 2.50. The molecule has 1 N–H and O–H groups in total. The molecule has 1 saturated heterocycles. The van der Waals surface area contributed by atoms with E-state index in [0.717, 1.165) is 32.0 Å². The molecule has 2 fully saturated rings. The first kappa shape index (κ1) is 18.4. The highest BCUT2D eigenvalue weighted by molar-refractivity contribution is 6.31. The number of fused-ring (bicyclic) bond motifs is 2. The third kappa shape index (κ3) is 4.42. The number of nitrogens with zero attached hydrogens (tertiary/aromatic N) is 2. The zero-order chi connectivity index (χ0) is 18.8. The van der Waals surface area contributed by atoms with Gasteiger partial charge in [0, 0.05) is 18.3 Å². The molecule has 2 bridgehead atoms. The lowest BCUT2D eigenvalue weighted by atomic mass is 9.65. The van der Waals surface area contributed by atoms with Gasteiger partial charge in [-0.3, -0.25) is 9.59 Å². The van der Waals surface area contributed by atoms with Crippen LogP contribution < -0.4 is 5.32 Å². The topological polar surface area (TPSA) is 71.0 Å². The molecule has 6 heteroatoms. The molecule has 2 atom stereocenters. The molecule has 1 aromatic carbocycles. The summed E-state index contributed by atoms with van der Waals surface area (Å²) in [5.74, 6) is -0.452. The Bertz CT molecular complexity index is 702. The van der Waals surface area contributed by atoms with E-state index in [2.05, 4.69) is 31.2 Å². The summed E-state index contributed by atoms with van der Waals surface area (Å²) in [6, 6.07) is 9.37. The summed E-state index contributed by atoms with van der Waals surface area (Å²) in [4.78, 5) is 31.3. The van der Waals surface area contributed by atoms with Crippen molar-refractivity contribution in [3.8, 4) is 0 Å². The number of rotatable bonds is 5. The van der Waals surface area contributed by atoms with Gasteiger partial charge in [0.1, 0.15) is 6.21 Å². The van der Waals surface area contributed by atoms with E-state index < -0.39 is 5.91 Å². The SMILES string of the molecule is CC1(C)CC2CC(C)(CN2C(=O)CO/N=C/C(=O)Nc2ccccc2)C1. The Morgan fingerprint density at radius 3 is 2.73 bits per heavy atom. The number of carbonyl (C=O) groups is 2. The van der Waals surface area contributed by atoms with Gasteiger partial charge in [0.25, 0.3) is 11.8 Å². The summed E-state index contributed by atoms with van der Waals surface area (Å²) in [6.45, 7) is 7.46. The van der Waals surface area contributed by atoms with Gasteiger partial charge in [-0.2, -0.15) is 0 Å². The predicted octanol–water partition coefficient (Wildman–Crippen LogP) is 3.05. The molecule has 26 heavy (non-hydrogen) atoms. The van der Waals surface area contributed by atoms with Gasteiger partial charge >= 0.3 is 0 Å². The van der Waals surface area contributed by atoms with Gasteiger partial charge < -0.3 is 15.1 Å². The Kier molecular flexibility index (Phi) is 5.03. The van der Waals surface area contributed by atoms with E-state index in [0.29, 0.717) is 5.69 Å². The van der Waals surface area contributed by atoms with Crippen LogP contribution >= 0.6 is 0 Å². The average Bonchev–Trinajstić information content (AvgIpc) is 2.81. The standard InChI is InChI=1S/C20H27N3O3/c1-19(2)9-16-10-20(3,13-19)14-23(16)18(25)12-26-21-11-17(24)22-15-7-5-4-6-8-15/h4-8,11,16H,9-10,12-14H2,1-3H3,(H,22,24)/b21-11+. The largest absolute Gasteiger partial charge is 0.386 e. The lowest BCUT2D eigenvalue weighted by molar-refractivity contribution is -0.137. The third-order valence-corrected chi connectivity index (χ3v) is 5.21. The second-order valence-electron chi connectivity index (χ2n) is 8.60. The van der Waals surface area contributed by atoms with Crippen LogP contribution in [0, 0.1) is 10.8 Å².